The second-order valence-corrected chi connectivity index (χ2v) is 7.39. The van der Waals surface area contributed by atoms with Gasteiger partial charge in [-0.05, 0) is 42.7 Å². The van der Waals surface area contributed by atoms with Gasteiger partial charge in [-0.25, -0.2) is 0 Å². The Kier molecular flexibility index (Phi) is 5.48. The van der Waals surface area contributed by atoms with Crippen molar-refractivity contribution in [2.45, 2.75) is 20.4 Å². The molecule has 1 saturated heterocycles. The highest BCUT2D eigenvalue weighted by Crippen LogP contribution is 2.19. The molecule has 0 amide bonds. The van der Waals surface area contributed by atoms with E-state index in [1.165, 1.54) is 16.7 Å². The number of hydrogen-bond donors (Lipinski definition) is 1. The number of aromatic nitrogens is 3. The lowest BCUT2D eigenvalue weighted by atomic mass is 10.1. The van der Waals surface area contributed by atoms with Gasteiger partial charge in [0, 0.05) is 38.4 Å². The zero-order chi connectivity index (χ0) is 19.3. The molecular formula is C22H26N6. The number of benzene rings is 2. The Morgan fingerprint density at radius 2 is 1.64 bits per heavy atom. The first-order chi connectivity index (χ1) is 13.7. The second kappa shape index (κ2) is 8.35. The van der Waals surface area contributed by atoms with Gasteiger partial charge < -0.3 is 10.2 Å². The molecule has 0 radical (unpaired) electrons. The Bertz CT molecular complexity index is 899. The van der Waals surface area contributed by atoms with Gasteiger partial charge in [0.1, 0.15) is 0 Å². The molecule has 4 rings (SSSR count). The lowest BCUT2D eigenvalue weighted by molar-refractivity contribution is 0.248. The van der Waals surface area contributed by atoms with Crippen LogP contribution in [-0.2, 0) is 6.54 Å². The van der Waals surface area contributed by atoms with Crippen molar-refractivity contribution in [1.29, 1.82) is 0 Å². The van der Waals surface area contributed by atoms with Crippen LogP contribution in [0.5, 0.6) is 0 Å². The molecule has 0 bridgehead atoms. The van der Waals surface area contributed by atoms with Gasteiger partial charge in [-0.15, -0.1) is 5.10 Å². The van der Waals surface area contributed by atoms with Crippen molar-refractivity contribution in [2.75, 3.05) is 36.4 Å². The Hall–Kier alpha value is -2.99. The molecule has 0 saturated carbocycles. The van der Waals surface area contributed by atoms with E-state index in [0.717, 1.165) is 44.2 Å². The second-order valence-electron chi connectivity index (χ2n) is 7.39. The highest BCUT2D eigenvalue weighted by molar-refractivity contribution is 5.58. The van der Waals surface area contributed by atoms with Crippen molar-refractivity contribution in [1.82, 2.24) is 20.1 Å². The molecule has 0 spiro atoms. The summed E-state index contributed by atoms with van der Waals surface area (Å²) >= 11 is 0. The number of hydrogen-bond acceptors (Lipinski definition) is 6. The molecule has 28 heavy (non-hydrogen) atoms. The number of rotatable bonds is 5. The van der Waals surface area contributed by atoms with Crippen LogP contribution >= 0.6 is 0 Å². The largest absolute Gasteiger partial charge is 0.339 e. The van der Waals surface area contributed by atoms with Crippen molar-refractivity contribution in [3.63, 3.8) is 0 Å². The SMILES string of the molecule is Cc1cc(C)cc(Nc2cnnc(N3CCN(Cc4ccccc4)CC3)n2)c1. The number of anilines is 3. The summed E-state index contributed by atoms with van der Waals surface area (Å²) in [6.45, 7) is 8.97. The van der Waals surface area contributed by atoms with E-state index in [4.69, 9.17) is 0 Å². The number of nitrogens with one attached hydrogen (secondary N) is 1. The van der Waals surface area contributed by atoms with Crippen LogP contribution in [0.2, 0.25) is 0 Å². The predicted octanol–water partition coefficient (Wildman–Crippen LogP) is 3.55. The molecule has 0 atom stereocenters. The minimum absolute atomic E-state index is 0.689. The maximum absolute atomic E-state index is 4.68. The molecular weight excluding hydrogens is 348 g/mol. The van der Waals surface area contributed by atoms with Crippen LogP contribution < -0.4 is 10.2 Å². The summed E-state index contributed by atoms with van der Waals surface area (Å²) in [6.07, 6.45) is 1.67. The number of piperazine rings is 1. The normalized spacial score (nSPS) is 14.9. The maximum atomic E-state index is 4.68. The third-order valence-corrected chi connectivity index (χ3v) is 4.95. The van der Waals surface area contributed by atoms with Gasteiger partial charge in [-0.2, -0.15) is 10.1 Å². The number of aryl methyl sites for hydroxylation is 2. The Morgan fingerprint density at radius 1 is 0.929 bits per heavy atom. The summed E-state index contributed by atoms with van der Waals surface area (Å²) in [5, 5.41) is 11.8. The van der Waals surface area contributed by atoms with Gasteiger partial charge in [-0.3, -0.25) is 4.90 Å². The first-order valence-corrected chi connectivity index (χ1v) is 9.72. The standard InChI is InChI=1S/C22H26N6/c1-17-12-18(2)14-20(13-17)24-21-15-23-26-22(25-21)28-10-8-27(9-11-28)16-19-6-4-3-5-7-19/h3-7,12-15H,8-11,16H2,1-2H3,(H,24,25,26). The van der Waals surface area contributed by atoms with Crippen LogP contribution in [-0.4, -0.2) is 46.3 Å². The number of nitrogens with zero attached hydrogens (tertiary/aromatic N) is 5. The van der Waals surface area contributed by atoms with E-state index in [1.54, 1.807) is 6.20 Å². The molecule has 1 fully saturated rings. The summed E-state index contributed by atoms with van der Waals surface area (Å²) in [5.74, 6) is 1.41. The lowest BCUT2D eigenvalue weighted by Gasteiger charge is -2.34. The highest BCUT2D eigenvalue weighted by Gasteiger charge is 2.19. The van der Waals surface area contributed by atoms with E-state index in [2.05, 4.69) is 92.7 Å². The molecule has 2 heterocycles. The van der Waals surface area contributed by atoms with Crippen molar-refractivity contribution in [3.05, 3.63) is 71.4 Å². The van der Waals surface area contributed by atoms with Gasteiger partial charge in [-0.1, -0.05) is 36.4 Å². The molecule has 1 aromatic heterocycles. The lowest BCUT2D eigenvalue weighted by Crippen LogP contribution is -2.46. The zero-order valence-corrected chi connectivity index (χ0v) is 16.5. The summed E-state index contributed by atoms with van der Waals surface area (Å²) < 4.78 is 0. The molecule has 0 unspecified atom stereocenters. The van der Waals surface area contributed by atoms with Gasteiger partial charge in [0.15, 0.2) is 5.82 Å². The van der Waals surface area contributed by atoms with E-state index >= 15 is 0 Å². The van der Waals surface area contributed by atoms with Gasteiger partial charge in [0.2, 0.25) is 5.95 Å². The fourth-order valence-corrected chi connectivity index (χ4v) is 3.63. The van der Waals surface area contributed by atoms with Crippen LogP contribution in [0, 0.1) is 13.8 Å². The molecule has 2 aromatic carbocycles. The summed E-state index contributed by atoms with van der Waals surface area (Å²) in [7, 11) is 0. The van der Waals surface area contributed by atoms with E-state index in [0.29, 0.717) is 5.95 Å². The van der Waals surface area contributed by atoms with Gasteiger partial charge in [0.25, 0.3) is 0 Å². The quantitative estimate of drug-likeness (QED) is 0.737. The van der Waals surface area contributed by atoms with Crippen molar-refractivity contribution < 1.29 is 0 Å². The Balaban J connectivity index is 1.38. The third-order valence-electron chi connectivity index (χ3n) is 4.95. The fourth-order valence-electron chi connectivity index (χ4n) is 3.63. The van der Waals surface area contributed by atoms with E-state index in [1.807, 2.05) is 0 Å². The van der Waals surface area contributed by atoms with E-state index in [9.17, 15) is 0 Å². The summed E-state index contributed by atoms with van der Waals surface area (Å²) in [5.41, 5.74) is 4.82. The zero-order valence-electron chi connectivity index (χ0n) is 16.5. The predicted molar refractivity (Wildman–Crippen MR) is 113 cm³/mol. The molecule has 0 aliphatic carbocycles. The van der Waals surface area contributed by atoms with E-state index < -0.39 is 0 Å². The Morgan fingerprint density at radius 3 is 2.36 bits per heavy atom. The molecule has 1 N–H and O–H groups in total. The molecule has 6 heteroatoms. The van der Waals surface area contributed by atoms with Crippen LogP contribution in [0.15, 0.2) is 54.7 Å². The third kappa shape index (κ3) is 4.64. The summed E-state index contributed by atoms with van der Waals surface area (Å²) in [6, 6.07) is 17.0. The van der Waals surface area contributed by atoms with Crippen LogP contribution in [0.1, 0.15) is 16.7 Å². The highest BCUT2D eigenvalue weighted by atomic mass is 15.4. The molecule has 1 aliphatic rings. The first-order valence-electron chi connectivity index (χ1n) is 9.72. The fraction of sp³-hybridized carbons (Fsp3) is 0.318. The Labute approximate surface area is 166 Å². The van der Waals surface area contributed by atoms with Crippen molar-refractivity contribution >= 4 is 17.5 Å². The van der Waals surface area contributed by atoms with E-state index in [-0.39, 0.29) is 0 Å². The smallest absolute Gasteiger partial charge is 0.247 e. The van der Waals surface area contributed by atoms with Crippen molar-refractivity contribution in [2.24, 2.45) is 0 Å². The molecule has 3 aromatic rings. The van der Waals surface area contributed by atoms with Crippen LogP contribution in [0.4, 0.5) is 17.5 Å². The van der Waals surface area contributed by atoms with Gasteiger partial charge in [0.05, 0.1) is 6.20 Å². The molecule has 1 aliphatic heterocycles. The average Bonchev–Trinajstić information content (AvgIpc) is 2.69. The minimum Gasteiger partial charge on any atom is -0.339 e. The maximum Gasteiger partial charge on any atom is 0.247 e. The summed E-state index contributed by atoms with van der Waals surface area (Å²) in [4.78, 5) is 9.36. The minimum atomic E-state index is 0.689. The van der Waals surface area contributed by atoms with Crippen LogP contribution in [0.3, 0.4) is 0 Å². The van der Waals surface area contributed by atoms with Gasteiger partial charge >= 0.3 is 0 Å². The molecule has 6 nitrogen and oxygen atoms in total. The monoisotopic (exact) mass is 374 g/mol. The topological polar surface area (TPSA) is 57.2 Å². The van der Waals surface area contributed by atoms with Crippen molar-refractivity contribution in [3.8, 4) is 0 Å². The molecule has 144 valence electrons. The first kappa shape index (κ1) is 18.4. The average molecular weight is 374 g/mol. The van der Waals surface area contributed by atoms with Crippen LogP contribution in [0.25, 0.3) is 0 Å².